The van der Waals surface area contributed by atoms with Crippen LogP contribution in [0.2, 0.25) is 0 Å². The molecule has 2 aromatic rings. The summed E-state index contributed by atoms with van der Waals surface area (Å²) in [5, 5.41) is 3.08. The molecule has 1 saturated heterocycles. The van der Waals surface area contributed by atoms with Gasteiger partial charge in [-0.3, -0.25) is 9.59 Å². The van der Waals surface area contributed by atoms with E-state index in [1.54, 1.807) is 7.11 Å². The van der Waals surface area contributed by atoms with Crippen LogP contribution in [0.15, 0.2) is 48.5 Å². The SMILES string of the molecule is CCOc1ccc(CCC(=O)N2CCC(NC(=O)c3ccccc3)CC2)cc1OC. The van der Waals surface area contributed by atoms with Gasteiger partial charge in [-0.1, -0.05) is 24.3 Å². The second kappa shape index (κ2) is 10.7. The molecule has 2 aromatic carbocycles. The van der Waals surface area contributed by atoms with E-state index in [0.29, 0.717) is 43.9 Å². The first-order chi connectivity index (χ1) is 14.6. The lowest BCUT2D eigenvalue weighted by atomic mass is 10.0. The normalized spacial score (nSPS) is 14.3. The van der Waals surface area contributed by atoms with Crippen molar-refractivity contribution in [3.05, 3.63) is 59.7 Å². The molecular formula is C24H30N2O4. The summed E-state index contributed by atoms with van der Waals surface area (Å²) in [6.07, 6.45) is 2.67. The molecule has 0 bridgehead atoms. The third-order valence-corrected chi connectivity index (χ3v) is 5.37. The Labute approximate surface area is 178 Å². The highest BCUT2D eigenvalue weighted by Gasteiger charge is 2.24. The second-order valence-electron chi connectivity index (χ2n) is 7.41. The highest BCUT2D eigenvalue weighted by molar-refractivity contribution is 5.94. The number of nitrogens with zero attached hydrogens (tertiary/aromatic N) is 1. The Kier molecular flexibility index (Phi) is 7.71. The highest BCUT2D eigenvalue weighted by atomic mass is 16.5. The van der Waals surface area contributed by atoms with E-state index in [-0.39, 0.29) is 17.9 Å². The van der Waals surface area contributed by atoms with Gasteiger partial charge in [0, 0.05) is 31.1 Å². The van der Waals surface area contributed by atoms with Crippen LogP contribution in [0.3, 0.4) is 0 Å². The molecule has 2 amide bonds. The number of hydrogen-bond acceptors (Lipinski definition) is 4. The summed E-state index contributed by atoms with van der Waals surface area (Å²) in [5.74, 6) is 1.51. The van der Waals surface area contributed by atoms with Gasteiger partial charge in [0.1, 0.15) is 0 Å². The van der Waals surface area contributed by atoms with Crippen LogP contribution in [0.1, 0.15) is 42.1 Å². The minimum atomic E-state index is -0.0511. The molecule has 0 saturated carbocycles. The van der Waals surface area contributed by atoms with Gasteiger partial charge in [-0.05, 0) is 56.0 Å². The minimum Gasteiger partial charge on any atom is -0.493 e. The van der Waals surface area contributed by atoms with Gasteiger partial charge >= 0.3 is 0 Å². The first kappa shape index (κ1) is 21.7. The maximum Gasteiger partial charge on any atom is 0.251 e. The van der Waals surface area contributed by atoms with E-state index in [1.165, 1.54) is 0 Å². The Morgan fingerprint density at radius 3 is 2.47 bits per heavy atom. The van der Waals surface area contributed by atoms with Crippen LogP contribution in [0.5, 0.6) is 11.5 Å². The van der Waals surface area contributed by atoms with E-state index in [9.17, 15) is 9.59 Å². The molecule has 160 valence electrons. The predicted octanol–water partition coefficient (Wildman–Crippen LogP) is 3.45. The molecule has 1 heterocycles. The summed E-state index contributed by atoms with van der Waals surface area (Å²) >= 11 is 0. The summed E-state index contributed by atoms with van der Waals surface area (Å²) in [6, 6.07) is 15.1. The van der Waals surface area contributed by atoms with Gasteiger partial charge in [0.05, 0.1) is 13.7 Å². The first-order valence-electron chi connectivity index (χ1n) is 10.5. The summed E-state index contributed by atoms with van der Waals surface area (Å²) in [5.41, 5.74) is 1.72. The molecule has 0 atom stereocenters. The molecular weight excluding hydrogens is 380 g/mol. The molecule has 6 heteroatoms. The van der Waals surface area contributed by atoms with Crippen molar-refractivity contribution in [1.82, 2.24) is 10.2 Å². The van der Waals surface area contributed by atoms with Crippen LogP contribution in [0, 0.1) is 0 Å². The van der Waals surface area contributed by atoms with Gasteiger partial charge in [0.15, 0.2) is 11.5 Å². The van der Waals surface area contributed by atoms with Gasteiger partial charge in [-0.15, -0.1) is 0 Å². The first-order valence-corrected chi connectivity index (χ1v) is 10.5. The minimum absolute atomic E-state index is 0.0511. The number of likely N-dealkylation sites (tertiary alicyclic amines) is 1. The van der Waals surface area contributed by atoms with Crippen molar-refractivity contribution in [2.24, 2.45) is 0 Å². The van der Waals surface area contributed by atoms with Crippen molar-refractivity contribution >= 4 is 11.8 Å². The van der Waals surface area contributed by atoms with E-state index in [2.05, 4.69) is 5.32 Å². The van der Waals surface area contributed by atoms with E-state index in [4.69, 9.17) is 9.47 Å². The monoisotopic (exact) mass is 410 g/mol. The Morgan fingerprint density at radius 1 is 1.07 bits per heavy atom. The third-order valence-electron chi connectivity index (χ3n) is 5.37. The standard InChI is InChI=1S/C24H30N2O4/c1-3-30-21-11-9-18(17-22(21)29-2)10-12-23(27)26-15-13-20(14-16-26)25-24(28)19-7-5-4-6-8-19/h4-9,11,17,20H,3,10,12-16H2,1-2H3,(H,25,28). The van der Waals surface area contributed by atoms with Crippen LogP contribution in [-0.4, -0.2) is 49.6 Å². The second-order valence-corrected chi connectivity index (χ2v) is 7.41. The average molecular weight is 411 g/mol. The molecule has 6 nitrogen and oxygen atoms in total. The summed E-state index contributed by atoms with van der Waals surface area (Å²) < 4.78 is 10.9. The van der Waals surface area contributed by atoms with E-state index in [1.807, 2.05) is 60.4 Å². The van der Waals surface area contributed by atoms with Crippen molar-refractivity contribution in [1.29, 1.82) is 0 Å². The molecule has 1 fully saturated rings. The zero-order chi connectivity index (χ0) is 21.3. The highest BCUT2D eigenvalue weighted by Crippen LogP contribution is 2.28. The van der Waals surface area contributed by atoms with E-state index < -0.39 is 0 Å². The van der Waals surface area contributed by atoms with Crippen molar-refractivity contribution in [3.63, 3.8) is 0 Å². The van der Waals surface area contributed by atoms with Crippen LogP contribution in [-0.2, 0) is 11.2 Å². The van der Waals surface area contributed by atoms with Gasteiger partial charge in [-0.2, -0.15) is 0 Å². The Balaban J connectivity index is 1.45. The maximum absolute atomic E-state index is 12.6. The molecule has 0 unspecified atom stereocenters. The van der Waals surface area contributed by atoms with Crippen LogP contribution in [0.4, 0.5) is 0 Å². The summed E-state index contributed by atoms with van der Waals surface area (Å²) in [4.78, 5) is 26.8. The fourth-order valence-electron chi connectivity index (χ4n) is 3.68. The molecule has 1 aliphatic heterocycles. The molecule has 0 aliphatic carbocycles. The van der Waals surface area contributed by atoms with Crippen LogP contribution in [0.25, 0.3) is 0 Å². The lowest BCUT2D eigenvalue weighted by Gasteiger charge is -2.32. The van der Waals surface area contributed by atoms with Gasteiger partial charge in [-0.25, -0.2) is 0 Å². The number of benzene rings is 2. The number of ether oxygens (including phenoxy) is 2. The largest absolute Gasteiger partial charge is 0.493 e. The molecule has 0 radical (unpaired) electrons. The van der Waals surface area contributed by atoms with Crippen LogP contribution >= 0.6 is 0 Å². The number of piperidine rings is 1. The lowest BCUT2D eigenvalue weighted by Crippen LogP contribution is -2.46. The number of methoxy groups -OCH3 is 1. The molecule has 0 aromatic heterocycles. The smallest absolute Gasteiger partial charge is 0.251 e. The van der Waals surface area contributed by atoms with Gasteiger partial charge in [0.2, 0.25) is 5.91 Å². The fourth-order valence-corrected chi connectivity index (χ4v) is 3.68. The molecule has 3 rings (SSSR count). The van der Waals surface area contributed by atoms with E-state index in [0.717, 1.165) is 24.2 Å². The molecule has 1 aliphatic rings. The number of carbonyl (C=O) groups excluding carboxylic acids is 2. The van der Waals surface area contributed by atoms with Gasteiger partial charge in [0.25, 0.3) is 5.91 Å². The summed E-state index contributed by atoms with van der Waals surface area (Å²) in [6.45, 7) is 3.86. The van der Waals surface area contributed by atoms with Crippen molar-refractivity contribution in [3.8, 4) is 11.5 Å². The third kappa shape index (κ3) is 5.75. The Hall–Kier alpha value is -3.02. The van der Waals surface area contributed by atoms with Gasteiger partial charge < -0.3 is 19.7 Å². The van der Waals surface area contributed by atoms with Crippen LogP contribution < -0.4 is 14.8 Å². The molecule has 0 spiro atoms. The quantitative estimate of drug-likeness (QED) is 0.724. The zero-order valence-electron chi connectivity index (χ0n) is 17.7. The fraction of sp³-hybridized carbons (Fsp3) is 0.417. The number of rotatable bonds is 8. The average Bonchev–Trinajstić information content (AvgIpc) is 2.79. The van der Waals surface area contributed by atoms with Crippen molar-refractivity contribution in [2.75, 3.05) is 26.8 Å². The topological polar surface area (TPSA) is 67.9 Å². The number of carbonyl (C=O) groups is 2. The van der Waals surface area contributed by atoms with Crippen molar-refractivity contribution < 1.29 is 19.1 Å². The number of aryl methyl sites for hydroxylation is 1. The zero-order valence-corrected chi connectivity index (χ0v) is 17.7. The summed E-state index contributed by atoms with van der Waals surface area (Å²) in [7, 11) is 1.62. The Morgan fingerprint density at radius 2 is 1.80 bits per heavy atom. The number of amides is 2. The van der Waals surface area contributed by atoms with E-state index >= 15 is 0 Å². The lowest BCUT2D eigenvalue weighted by molar-refractivity contribution is -0.132. The molecule has 30 heavy (non-hydrogen) atoms. The maximum atomic E-state index is 12.6. The number of nitrogens with one attached hydrogen (secondary N) is 1. The Bertz CT molecular complexity index is 846. The van der Waals surface area contributed by atoms with Crippen molar-refractivity contribution in [2.45, 2.75) is 38.6 Å². The number of hydrogen-bond donors (Lipinski definition) is 1. The molecule has 1 N–H and O–H groups in total. The predicted molar refractivity (Wildman–Crippen MR) is 116 cm³/mol.